The van der Waals surface area contributed by atoms with Crippen LogP contribution in [0.15, 0.2) is 42.7 Å². The predicted molar refractivity (Wildman–Crippen MR) is 101 cm³/mol. The summed E-state index contributed by atoms with van der Waals surface area (Å²) in [7, 11) is 1.44. The highest BCUT2D eigenvalue weighted by molar-refractivity contribution is 5.79. The number of hydrogen-bond donors (Lipinski definition) is 2. The van der Waals surface area contributed by atoms with Crippen LogP contribution in [0.3, 0.4) is 0 Å². The number of H-pyrrole nitrogens is 1. The molecule has 0 fully saturated rings. The highest BCUT2D eigenvalue weighted by Crippen LogP contribution is 2.41. The molecular weight excluding hydrogens is 369 g/mol. The van der Waals surface area contributed by atoms with Crippen LogP contribution < -0.4 is 4.74 Å². The number of aromatic amines is 1. The number of benzene rings is 1. The van der Waals surface area contributed by atoms with E-state index in [0.717, 1.165) is 10.9 Å². The zero-order valence-electron chi connectivity index (χ0n) is 16.0. The van der Waals surface area contributed by atoms with Crippen molar-refractivity contribution in [3.8, 4) is 5.75 Å². The van der Waals surface area contributed by atoms with Gasteiger partial charge in [0, 0.05) is 41.0 Å². The van der Waals surface area contributed by atoms with Gasteiger partial charge in [-0.05, 0) is 42.2 Å². The van der Waals surface area contributed by atoms with Crippen molar-refractivity contribution in [2.75, 3.05) is 7.11 Å². The third-order valence-electron chi connectivity index (χ3n) is 5.02. The second-order valence-electron chi connectivity index (χ2n) is 7.74. The fourth-order valence-corrected chi connectivity index (χ4v) is 3.74. The topological polar surface area (TPSA) is 58.1 Å². The average Bonchev–Trinajstić information content (AvgIpc) is 3.02. The second kappa shape index (κ2) is 7.47. The number of alkyl halides is 2. The second-order valence-corrected chi connectivity index (χ2v) is 7.74. The molecule has 0 amide bonds. The van der Waals surface area contributed by atoms with E-state index >= 15 is 0 Å². The Balaban J connectivity index is 1.93. The van der Waals surface area contributed by atoms with Crippen molar-refractivity contribution in [1.82, 2.24) is 9.97 Å². The molecule has 0 radical (unpaired) electrons. The van der Waals surface area contributed by atoms with Crippen molar-refractivity contribution in [3.63, 3.8) is 0 Å². The molecule has 0 bridgehead atoms. The molecule has 1 atom stereocenters. The third-order valence-corrected chi connectivity index (χ3v) is 5.02. The first-order valence-electron chi connectivity index (χ1n) is 8.91. The molecule has 28 heavy (non-hydrogen) atoms. The van der Waals surface area contributed by atoms with E-state index in [1.54, 1.807) is 38.4 Å². The van der Waals surface area contributed by atoms with Crippen molar-refractivity contribution in [2.45, 2.75) is 44.1 Å². The summed E-state index contributed by atoms with van der Waals surface area (Å²) >= 11 is 0. The van der Waals surface area contributed by atoms with Gasteiger partial charge in [-0.15, -0.1) is 0 Å². The summed E-state index contributed by atoms with van der Waals surface area (Å²) in [5.74, 6) is -0.104. The first-order valence-corrected chi connectivity index (χ1v) is 8.91. The Kier molecular flexibility index (Phi) is 5.39. The maximum Gasteiger partial charge on any atom is 0.267 e. The molecule has 0 aliphatic rings. The zero-order chi connectivity index (χ0) is 20.5. The Labute approximate surface area is 161 Å². The molecule has 4 nitrogen and oxygen atoms in total. The van der Waals surface area contributed by atoms with Gasteiger partial charge in [-0.2, -0.15) is 0 Å². The summed E-state index contributed by atoms with van der Waals surface area (Å²) in [6.07, 6.45) is -0.332. The molecule has 2 heterocycles. The van der Waals surface area contributed by atoms with E-state index in [1.807, 2.05) is 0 Å². The molecule has 2 aromatic heterocycles. The lowest BCUT2D eigenvalue weighted by atomic mass is 9.73. The summed E-state index contributed by atoms with van der Waals surface area (Å²) in [6, 6.07) is 7.40. The van der Waals surface area contributed by atoms with Gasteiger partial charge in [-0.1, -0.05) is 13.8 Å². The number of hydrogen-bond acceptors (Lipinski definition) is 3. The van der Waals surface area contributed by atoms with E-state index in [9.17, 15) is 18.3 Å². The van der Waals surface area contributed by atoms with E-state index in [1.165, 1.54) is 25.3 Å². The molecule has 0 aliphatic carbocycles. The van der Waals surface area contributed by atoms with E-state index < -0.39 is 23.3 Å². The summed E-state index contributed by atoms with van der Waals surface area (Å²) in [5.41, 5.74) is -1.61. The van der Waals surface area contributed by atoms with Crippen LogP contribution in [0.4, 0.5) is 13.2 Å². The Bertz CT molecular complexity index is 938. The number of nitrogens with one attached hydrogen (secondary N) is 1. The Morgan fingerprint density at radius 3 is 2.61 bits per heavy atom. The van der Waals surface area contributed by atoms with E-state index in [4.69, 9.17) is 4.74 Å². The van der Waals surface area contributed by atoms with Gasteiger partial charge in [0.2, 0.25) is 0 Å². The fraction of sp³-hybridized carbons (Fsp3) is 0.381. The average molecular weight is 392 g/mol. The lowest BCUT2D eigenvalue weighted by Gasteiger charge is -2.36. The Morgan fingerprint density at radius 2 is 1.96 bits per heavy atom. The maximum atomic E-state index is 14.0. The molecule has 0 aliphatic heterocycles. The van der Waals surface area contributed by atoms with Crippen molar-refractivity contribution < 1.29 is 23.0 Å². The van der Waals surface area contributed by atoms with Crippen molar-refractivity contribution >= 4 is 10.9 Å². The minimum Gasteiger partial charge on any atom is -0.496 e. The van der Waals surface area contributed by atoms with Crippen LogP contribution in [0, 0.1) is 5.82 Å². The normalized spacial score (nSPS) is 14.4. The van der Waals surface area contributed by atoms with Crippen LogP contribution in [0.25, 0.3) is 10.9 Å². The predicted octanol–water partition coefficient (Wildman–Crippen LogP) is 4.62. The molecule has 0 saturated carbocycles. The monoisotopic (exact) mass is 392 g/mol. The van der Waals surface area contributed by atoms with Crippen molar-refractivity contribution in [3.05, 3.63) is 59.8 Å². The quantitative estimate of drug-likeness (QED) is 0.617. The summed E-state index contributed by atoms with van der Waals surface area (Å²) in [4.78, 5) is 7.05. The van der Waals surface area contributed by atoms with Crippen molar-refractivity contribution in [1.29, 1.82) is 0 Å². The van der Waals surface area contributed by atoms with Crippen molar-refractivity contribution in [2.24, 2.45) is 0 Å². The van der Waals surface area contributed by atoms with Crippen LogP contribution in [-0.4, -0.2) is 34.2 Å². The minimum atomic E-state index is -2.99. The standard InChI is InChI=1S/C21H23F3N2O2/c1-20(2,16-9-14(22)4-5-18(16)28-3)12-21(27,19(23)24)10-15-8-13-11-25-7-6-17(13)26-15/h4-9,11,19,26-27H,10,12H2,1-3H3. The fourth-order valence-electron chi connectivity index (χ4n) is 3.74. The van der Waals surface area contributed by atoms with Crippen LogP contribution in [-0.2, 0) is 11.8 Å². The molecule has 0 spiro atoms. The molecule has 3 aromatic rings. The number of aromatic nitrogens is 2. The molecular formula is C21H23F3N2O2. The van der Waals surface area contributed by atoms with Crippen LogP contribution in [0.1, 0.15) is 31.5 Å². The van der Waals surface area contributed by atoms with Crippen LogP contribution in [0.2, 0.25) is 0 Å². The number of ether oxygens (including phenoxy) is 1. The summed E-state index contributed by atoms with van der Waals surface area (Å²) < 4.78 is 47.0. The first-order chi connectivity index (χ1) is 13.1. The largest absolute Gasteiger partial charge is 0.496 e. The number of rotatable bonds is 7. The molecule has 2 N–H and O–H groups in total. The van der Waals surface area contributed by atoms with Gasteiger partial charge in [-0.25, -0.2) is 13.2 Å². The first kappa shape index (κ1) is 20.2. The molecule has 3 rings (SSSR count). The highest BCUT2D eigenvalue weighted by atomic mass is 19.3. The summed E-state index contributed by atoms with van der Waals surface area (Å²) in [5, 5.41) is 11.7. The lowest BCUT2D eigenvalue weighted by molar-refractivity contribution is -0.110. The zero-order valence-corrected chi connectivity index (χ0v) is 16.0. The number of halogens is 3. The third kappa shape index (κ3) is 3.99. The van der Waals surface area contributed by atoms with Gasteiger partial charge < -0.3 is 14.8 Å². The van der Waals surface area contributed by atoms with E-state index in [0.29, 0.717) is 17.0 Å². The minimum absolute atomic E-state index is 0.277. The number of aliphatic hydroxyl groups is 1. The number of pyridine rings is 1. The Morgan fingerprint density at radius 1 is 1.21 bits per heavy atom. The Hall–Kier alpha value is -2.54. The van der Waals surface area contributed by atoms with Gasteiger partial charge >= 0.3 is 0 Å². The number of methoxy groups -OCH3 is 1. The smallest absolute Gasteiger partial charge is 0.267 e. The SMILES string of the molecule is COc1ccc(F)cc1C(C)(C)CC(O)(Cc1cc2cnccc2[nH]1)C(F)F. The van der Waals surface area contributed by atoms with Crippen LogP contribution >= 0.6 is 0 Å². The molecule has 1 unspecified atom stereocenters. The van der Waals surface area contributed by atoms with E-state index in [-0.39, 0.29) is 12.8 Å². The molecule has 1 aromatic carbocycles. The van der Waals surface area contributed by atoms with Gasteiger partial charge in [0.1, 0.15) is 17.2 Å². The number of fused-ring (bicyclic) bond motifs is 1. The molecule has 150 valence electrons. The molecule has 7 heteroatoms. The van der Waals surface area contributed by atoms with Gasteiger partial charge in [-0.3, -0.25) is 4.98 Å². The number of nitrogens with zero attached hydrogens (tertiary/aromatic N) is 1. The maximum absolute atomic E-state index is 14.0. The lowest BCUT2D eigenvalue weighted by Crippen LogP contribution is -2.45. The summed E-state index contributed by atoms with van der Waals surface area (Å²) in [6.45, 7) is 3.37. The van der Waals surface area contributed by atoms with E-state index in [2.05, 4.69) is 9.97 Å². The molecule has 0 saturated heterocycles. The van der Waals surface area contributed by atoms with Crippen LogP contribution in [0.5, 0.6) is 5.75 Å². The van der Waals surface area contributed by atoms with Gasteiger partial charge in [0.15, 0.2) is 0 Å². The highest BCUT2D eigenvalue weighted by Gasteiger charge is 2.44. The van der Waals surface area contributed by atoms with Gasteiger partial charge in [0.05, 0.1) is 7.11 Å². The van der Waals surface area contributed by atoms with Gasteiger partial charge in [0.25, 0.3) is 6.43 Å².